The van der Waals surface area contributed by atoms with E-state index < -0.39 is 6.10 Å². The van der Waals surface area contributed by atoms with Crippen molar-refractivity contribution < 1.29 is 9.84 Å². The molecule has 1 atom stereocenters. The van der Waals surface area contributed by atoms with Crippen LogP contribution < -0.4 is 15.4 Å². The van der Waals surface area contributed by atoms with Crippen LogP contribution in [0.4, 0.5) is 0 Å². The number of rotatable bonds is 7. The molecule has 0 aliphatic rings. The number of aromatic nitrogens is 1. The quantitative estimate of drug-likeness (QED) is 0.312. The van der Waals surface area contributed by atoms with Gasteiger partial charge in [0.2, 0.25) is 5.88 Å². The van der Waals surface area contributed by atoms with Gasteiger partial charge in [0.05, 0.1) is 18.0 Å². The molecule has 2 heterocycles. The third-order valence-corrected chi connectivity index (χ3v) is 4.49. The van der Waals surface area contributed by atoms with Gasteiger partial charge >= 0.3 is 0 Å². The fraction of sp³-hybridized carbons (Fsp3) is 0.375. The van der Waals surface area contributed by atoms with Gasteiger partial charge in [-0.2, -0.15) is 0 Å². The van der Waals surface area contributed by atoms with E-state index in [1.54, 1.807) is 19.4 Å². The molecular weight excluding hydrogens is 475 g/mol. The molecule has 2 aromatic heterocycles. The van der Waals surface area contributed by atoms with Gasteiger partial charge in [-0.1, -0.05) is 11.6 Å². The van der Waals surface area contributed by atoms with Crippen molar-refractivity contribution in [2.45, 2.75) is 19.6 Å². The van der Waals surface area contributed by atoms with E-state index in [1.165, 1.54) is 11.3 Å². The number of hydrogen-bond acceptors (Lipinski definition) is 5. The first-order valence-corrected chi connectivity index (χ1v) is 8.76. The highest BCUT2D eigenvalue weighted by atomic mass is 127. The van der Waals surface area contributed by atoms with Crippen molar-refractivity contribution in [1.82, 2.24) is 15.6 Å². The van der Waals surface area contributed by atoms with E-state index in [2.05, 4.69) is 20.6 Å². The lowest BCUT2D eigenvalue weighted by Gasteiger charge is -2.14. The second kappa shape index (κ2) is 11.5. The van der Waals surface area contributed by atoms with Gasteiger partial charge in [-0.25, -0.2) is 9.98 Å². The zero-order valence-electron chi connectivity index (χ0n) is 14.0. The number of halogens is 2. The second-order valence-corrected chi connectivity index (χ2v) is 6.69. The molecule has 0 saturated heterocycles. The Morgan fingerprint density at radius 1 is 1.40 bits per heavy atom. The van der Waals surface area contributed by atoms with Crippen LogP contribution in [0.25, 0.3) is 0 Å². The number of hydrogen-bond donors (Lipinski definition) is 3. The number of ether oxygens (including phenoxy) is 1. The molecule has 0 fully saturated rings. The zero-order chi connectivity index (χ0) is 17.4. The lowest BCUT2D eigenvalue weighted by atomic mass is 10.3. The maximum Gasteiger partial charge on any atom is 0.213 e. The average molecular weight is 497 g/mol. The maximum absolute atomic E-state index is 10.2. The van der Waals surface area contributed by atoms with Gasteiger partial charge in [0, 0.05) is 30.2 Å². The van der Waals surface area contributed by atoms with E-state index in [1.807, 2.05) is 25.1 Å². The van der Waals surface area contributed by atoms with Gasteiger partial charge in [-0.05, 0) is 30.7 Å². The van der Waals surface area contributed by atoms with Gasteiger partial charge in [0.1, 0.15) is 6.10 Å². The molecule has 25 heavy (non-hydrogen) atoms. The summed E-state index contributed by atoms with van der Waals surface area (Å²) in [7, 11) is 1.58. The predicted molar refractivity (Wildman–Crippen MR) is 113 cm³/mol. The minimum absolute atomic E-state index is 0. The fourth-order valence-corrected chi connectivity index (χ4v) is 3.02. The summed E-state index contributed by atoms with van der Waals surface area (Å²) in [6.07, 6.45) is 1.06. The number of nitrogens with one attached hydrogen (secondary N) is 2. The number of aliphatic hydroxyl groups is 1. The summed E-state index contributed by atoms with van der Waals surface area (Å²) in [6.45, 7) is 3.55. The number of aliphatic imine (C=N–C) groups is 1. The highest BCUT2D eigenvalue weighted by Gasteiger charge is 2.11. The van der Waals surface area contributed by atoms with E-state index in [0.717, 1.165) is 17.0 Å². The van der Waals surface area contributed by atoms with Crippen LogP contribution in [0.5, 0.6) is 5.88 Å². The molecule has 2 aromatic rings. The smallest absolute Gasteiger partial charge is 0.213 e. The summed E-state index contributed by atoms with van der Waals surface area (Å²) in [4.78, 5) is 9.40. The average Bonchev–Trinajstić information content (AvgIpc) is 3.04. The number of guanidine groups is 1. The molecule has 0 bridgehead atoms. The lowest BCUT2D eigenvalue weighted by molar-refractivity contribution is 0.184. The van der Waals surface area contributed by atoms with Gasteiger partial charge in [0.25, 0.3) is 0 Å². The molecule has 6 nitrogen and oxygen atoms in total. The van der Waals surface area contributed by atoms with Crippen LogP contribution in [0.2, 0.25) is 4.34 Å². The summed E-state index contributed by atoms with van der Waals surface area (Å²) >= 11 is 7.26. The van der Waals surface area contributed by atoms with Gasteiger partial charge < -0.3 is 20.5 Å². The van der Waals surface area contributed by atoms with Crippen molar-refractivity contribution >= 4 is 52.9 Å². The first-order valence-electron chi connectivity index (χ1n) is 7.56. The van der Waals surface area contributed by atoms with Crippen molar-refractivity contribution in [3.05, 3.63) is 45.2 Å². The van der Waals surface area contributed by atoms with Gasteiger partial charge in [0.15, 0.2) is 5.96 Å². The molecule has 0 radical (unpaired) electrons. The Balaban J connectivity index is 0.00000312. The normalized spacial score (nSPS) is 12.2. The van der Waals surface area contributed by atoms with Crippen molar-refractivity contribution in [1.29, 1.82) is 0 Å². The summed E-state index contributed by atoms with van der Waals surface area (Å²) in [5, 5.41) is 16.5. The van der Waals surface area contributed by atoms with Crippen LogP contribution >= 0.6 is 46.9 Å². The summed E-state index contributed by atoms with van der Waals surface area (Å²) in [6, 6.07) is 7.33. The largest absolute Gasteiger partial charge is 0.481 e. The standard InChI is InChI=1S/C16H21ClN4O2S.HI/c1-3-18-16(20-9-11-6-7-19-15(8-11)23-2)21-10-12(22)13-4-5-14(17)24-13;/h4-8,12,22H,3,9-10H2,1-2H3,(H2,18,20,21);1H. The second-order valence-electron chi connectivity index (χ2n) is 4.94. The predicted octanol–water partition coefficient (Wildman–Crippen LogP) is 3.21. The van der Waals surface area contributed by atoms with Crippen LogP contribution in [0.3, 0.4) is 0 Å². The molecule has 0 aromatic carbocycles. The lowest BCUT2D eigenvalue weighted by Crippen LogP contribution is -2.39. The Kier molecular flexibility index (Phi) is 10.1. The molecule has 3 N–H and O–H groups in total. The summed E-state index contributed by atoms with van der Waals surface area (Å²) in [5.74, 6) is 1.20. The molecule has 0 aliphatic carbocycles. The van der Waals surface area contributed by atoms with E-state index >= 15 is 0 Å². The van der Waals surface area contributed by atoms with Gasteiger partial charge in [-0.3, -0.25) is 0 Å². The minimum Gasteiger partial charge on any atom is -0.481 e. The first-order chi connectivity index (χ1) is 11.6. The number of methoxy groups -OCH3 is 1. The van der Waals surface area contributed by atoms with E-state index in [4.69, 9.17) is 16.3 Å². The topological polar surface area (TPSA) is 78.8 Å². The maximum atomic E-state index is 10.2. The van der Waals surface area contributed by atoms with E-state index in [9.17, 15) is 5.11 Å². The number of pyridine rings is 1. The molecule has 0 saturated carbocycles. The minimum atomic E-state index is -0.632. The highest BCUT2D eigenvalue weighted by molar-refractivity contribution is 14.0. The van der Waals surface area contributed by atoms with E-state index in [0.29, 0.717) is 29.3 Å². The molecule has 0 spiro atoms. The monoisotopic (exact) mass is 496 g/mol. The first kappa shape index (κ1) is 21.9. The molecule has 0 amide bonds. The molecular formula is C16H22ClIN4O2S. The van der Waals surface area contributed by atoms with Crippen LogP contribution in [-0.2, 0) is 6.54 Å². The SMILES string of the molecule is CCNC(=NCc1ccnc(OC)c1)NCC(O)c1ccc(Cl)s1.I. The Morgan fingerprint density at radius 2 is 2.20 bits per heavy atom. The Bertz CT molecular complexity index is 684. The van der Waals surface area contributed by atoms with Crippen molar-refractivity contribution in [3.8, 4) is 5.88 Å². The van der Waals surface area contributed by atoms with Crippen molar-refractivity contribution in [2.24, 2.45) is 4.99 Å². The molecule has 2 rings (SSSR count). The third-order valence-electron chi connectivity index (χ3n) is 3.16. The highest BCUT2D eigenvalue weighted by Crippen LogP contribution is 2.26. The van der Waals surface area contributed by atoms with Crippen LogP contribution in [-0.4, -0.2) is 36.2 Å². The Hall–Kier alpha value is -1.10. The third kappa shape index (κ3) is 7.35. The van der Waals surface area contributed by atoms with Gasteiger partial charge in [-0.15, -0.1) is 35.3 Å². The number of aliphatic hydroxyl groups excluding tert-OH is 1. The number of nitrogens with zero attached hydrogens (tertiary/aromatic N) is 2. The van der Waals surface area contributed by atoms with E-state index in [-0.39, 0.29) is 24.0 Å². The zero-order valence-corrected chi connectivity index (χ0v) is 17.9. The van der Waals surface area contributed by atoms with Crippen LogP contribution in [0.15, 0.2) is 35.5 Å². The molecule has 138 valence electrons. The van der Waals surface area contributed by atoms with Crippen molar-refractivity contribution in [3.63, 3.8) is 0 Å². The van der Waals surface area contributed by atoms with Crippen LogP contribution in [0.1, 0.15) is 23.5 Å². The Morgan fingerprint density at radius 3 is 2.84 bits per heavy atom. The molecule has 1 unspecified atom stereocenters. The summed E-state index contributed by atoms with van der Waals surface area (Å²) < 4.78 is 5.77. The Labute approximate surface area is 173 Å². The van der Waals surface area contributed by atoms with Crippen molar-refractivity contribution in [2.75, 3.05) is 20.2 Å². The summed E-state index contributed by atoms with van der Waals surface area (Å²) in [5.41, 5.74) is 0.990. The molecule has 0 aliphatic heterocycles. The number of thiophene rings is 1. The fourth-order valence-electron chi connectivity index (χ4n) is 1.97. The molecule has 9 heteroatoms. The van der Waals surface area contributed by atoms with Crippen LogP contribution in [0, 0.1) is 0 Å².